The molecule has 1 amide bonds. The van der Waals surface area contributed by atoms with Crippen LogP contribution in [0.1, 0.15) is 39.0 Å². The second-order valence-corrected chi connectivity index (χ2v) is 8.35. The Morgan fingerprint density at radius 3 is 2.60 bits per heavy atom. The van der Waals surface area contributed by atoms with E-state index in [-0.39, 0.29) is 30.1 Å². The molecule has 1 saturated heterocycles. The van der Waals surface area contributed by atoms with Gasteiger partial charge in [0.25, 0.3) is 0 Å². The Hall–Kier alpha value is -0.620. The maximum atomic E-state index is 12.2. The van der Waals surface area contributed by atoms with E-state index in [2.05, 4.69) is 0 Å². The van der Waals surface area contributed by atoms with Crippen LogP contribution in [0.4, 0.5) is 0 Å². The fourth-order valence-electron chi connectivity index (χ4n) is 3.01. The number of ether oxygens (including phenoxy) is 1. The summed E-state index contributed by atoms with van der Waals surface area (Å²) >= 11 is 0. The quantitative estimate of drug-likeness (QED) is 0.783. The van der Waals surface area contributed by atoms with Gasteiger partial charge in [-0.25, -0.2) is 8.42 Å². The second-order valence-electron chi connectivity index (χ2n) is 6.04. The standard InChI is InChI=1S/C14H25NO4S/c1-12-6-8-20(17,18)9-7-15(12)14(16)11-19-10-13-4-2-3-5-13/h12-13H,2-11H2,1H3/t12-/m0/s1. The Labute approximate surface area is 121 Å². The van der Waals surface area contributed by atoms with Crippen molar-refractivity contribution in [1.29, 1.82) is 0 Å². The third kappa shape index (κ3) is 4.45. The lowest BCUT2D eigenvalue weighted by Gasteiger charge is -2.26. The van der Waals surface area contributed by atoms with Crippen LogP contribution in [0, 0.1) is 5.92 Å². The van der Waals surface area contributed by atoms with E-state index in [1.165, 1.54) is 25.7 Å². The molecule has 0 radical (unpaired) electrons. The summed E-state index contributed by atoms with van der Waals surface area (Å²) in [6.45, 7) is 2.96. The molecule has 1 saturated carbocycles. The maximum Gasteiger partial charge on any atom is 0.248 e. The van der Waals surface area contributed by atoms with Gasteiger partial charge < -0.3 is 9.64 Å². The topological polar surface area (TPSA) is 63.7 Å². The van der Waals surface area contributed by atoms with Gasteiger partial charge >= 0.3 is 0 Å². The second kappa shape index (κ2) is 6.89. The van der Waals surface area contributed by atoms with Gasteiger partial charge in [-0.1, -0.05) is 12.8 Å². The maximum absolute atomic E-state index is 12.2. The van der Waals surface area contributed by atoms with E-state index in [9.17, 15) is 13.2 Å². The molecular formula is C14H25NO4S. The van der Waals surface area contributed by atoms with E-state index >= 15 is 0 Å². The molecule has 1 heterocycles. The van der Waals surface area contributed by atoms with E-state index in [1.807, 2.05) is 6.92 Å². The Balaban J connectivity index is 1.78. The smallest absolute Gasteiger partial charge is 0.248 e. The van der Waals surface area contributed by atoms with Crippen LogP contribution in [0.5, 0.6) is 0 Å². The monoisotopic (exact) mass is 303 g/mol. The molecular weight excluding hydrogens is 278 g/mol. The van der Waals surface area contributed by atoms with Crippen LogP contribution in [0.15, 0.2) is 0 Å². The Morgan fingerprint density at radius 2 is 1.90 bits per heavy atom. The lowest BCUT2D eigenvalue weighted by molar-refractivity contribution is -0.138. The first kappa shape index (κ1) is 15.8. The van der Waals surface area contributed by atoms with Gasteiger partial charge in [0, 0.05) is 12.6 Å². The van der Waals surface area contributed by atoms with Crippen molar-refractivity contribution in [3.8, 4) is 0 Å². The summed E-state index contributed by atoms with van der Waals surface area (Å²) in [6, 6.07) is -0.0187. The number of rotatable bonds is 4. The van der Waals surface area contributed by atoms with E-state index in [1.54, 1.807) is 4.90 Å². The fraction of sp³-hybridized carbons (Fsp3) is 0.929. The van der Waals surface area contributed by atoms with Crippen molar-refractivity contribution < 1.29 is 17.9 Å². The highest BCUT2D eigenvalue weighted by molar-refractivity contribution is 7.91. The SMILES string of the molecule is C[C@H]1CCS(=O)(=O)CCN1C(=O)COCC1CCCC1. The first-order valence-electron chi connectivity index (χ1n) is 7.55. The molecule has 0 aromatic carbocycles. The first-order valence-corrected chi connectivity index (χ1v) is 9.38. The summed E-state index contributed by atoms with van der Waals surface area (Å²) in [4.78, 5) is 13.8. The third-order valence-electron chi connectivity index (χ3n) is 4.40. The Morgan fingerprint density at radius 1 is 1.20 bits per heavy atom. The molecule has 1 aliphatic carbocycles. The van der Waals surface area contributed by atoms with Crippen LogP contribution in [0.3, 0.4) is 0 Å². The molecule has 0 unspecified atom stereocenters. The zero-order valence-electron chi connectivity index (χ0n) is 12.2. The van der Waals surface area contributed by atoms with E-state index < -0.39 is 9.84 Å². The van der Waals surface area contributed by atoms with Gasteiger partial charge in [-0.3, -0.25) is 4.79 Å². The van der Waals surface area contributed by atoms with Gasteiger partial charge in [0.05, 0.1) is 18.1 Å². The summed E-state index contributed by atoms with van der Waals surface area (Å²) in [7, 11) is -2.99. The fourth-order valence-corrected chi connectivity index (χ4v) is 4.39. The van der Waals surface area contributed by atoms with Crippen molar-refractivity contribution in [3.05, 3.63) is 0 Å². The van der Waals surface area contributed by atoms with Gasteiger partial charge in [-0.2, -0.15) is 0 Å². The summed E-state index contributed by atoms with van der Waals surface area (Å²) in [5, 5.41) is 0. The third-order valence-corrected chi connectivity index (χ3v) is 6.06. The average Bonchev–Trinajstić information content (AvgIpc) is 2.85. The van der Waals surface area contributed by atoms with Crippen molar-refractivity contribution in [1.82, 2.24) is 4.90 Å². The zero-order valence-corrected chi connectivity index (χ0v) is 13.0. The number of hydrogen-bond donors (Lipinski definition) is 0. The van der Waals surface area contributed by atoms with E-state index in [4.69, 9.17) is 4.74 Å². The molecule has 20 heavy (non-hydrogen) atoms. The van der Waals surface area contributed by atoms with Crippen LogP contribution in [0.2, 0.25) is 0 Å². The number of hydrogen-bond acceptors (Lipinski definition) is 4. The number of carbonyl (C=O) groups is 1. The molecule has 2 fully saturated rings. The molecule has 0 bridgehead atoms. The average molecular weight is 303 g/mol. The predicted octanol–water partition coefficient (Wildman–Crippen LogP) is 1.23. The molecule has 5 nitrogen and oxygen atoms in total. The summed E-state index contributed by atoms with van der Waals surface area (Å²) in [6.07, 6.45) is 5.46. The lowest BCUT2D eigenvalue weighted by atomic mass is 10.1. The lowest BCUT2D eigenvalue weighted by Crippen LogP contribution is -2.41. The predicted molar refractivity (Wildman–Crippen MR) is 77.2 cm³/mol. The van der Waals surface area contributed by atoms with Gasteiger partial charge in [0.1, 0.15) is 6.61 Å². The van der Waals surface area contributed by atoms with Crippen molar-refractivity contribution in [2.75, 3.05) is 31.3 Å². The summed E-state index contributed by atoms with van der Waals surface area (Å²) in [5.41, 5.74) is 0. The molecule has 1 aliphatic heterocycles. The van der Waals surface area contributed by atoms with Gasteiger partial charge in [-0.05, 0) is 32.1 Å². The molecule has 6 heteroatoms. The van der Waals surface area contributed by atoms with Crippen molar-refractivity contribution >= 4 is 15.7 Å². The number of carbonyl (C=O) groups excluding carboxylic acids is 1. The minimum absolute atomic E-state index is 0.0187. The Kier molecular flexibility index (Phi) is 5.43. The minimum atomic E-state index is -2.99. The van der Waals surface area contributed by atoms with E-state index in [0.29, 0.717) is 25.5 Å². The normalized spacial score (nSPS) is 27.4. The number of amides is 1. The van der Waals surface area contributed by atoms with Crippen molar-refractivity contribution in [2.45, 2.75) is 45.1 Å². The minimum Gasteiger partial charge on any atom is -0.371 e. The van der Waals surface area contributed by atoms with Crippen LogP contribution in [-0.4, -0.2) is 56.5 Å². The first-order chi connectivity index (χ1) is 9.48. The van der Waals surface area contributed by atoms with Crippen LogP contribution >= 0.6 is 0 Å². The Bertz CT molecular complexity index is 428. The largest absolute Gasteiger partial charge is 0.371 e. The molecule has 0 spiro atoms. The number of nitrogens with zero attached hydrogens (tertiary/aromatic N) is 1. The van der Waals surface area contributed by atoms with Crippen LogP contribution in [0.25, 0.3) is 0 Å². The van der Waals surface area contributed by atoms with Gasteiger partial charge in [-0.15, -0.1) is 0 Å². The number of sulfone groups is 1. The van der Waals surface area contributed by atoms with Crippen LogP contribution in [-0.2, 0) is 19.4 Å². The van der Waals surface area contributed by atoms with Crippen molar-refractivity contribution in [3.63, 3.8) is 0 Å². The molecule has 2 rings (SSSR count). The highest BCUT2D eigenvalue weighted by Crippen LogP contribution is 2.24. The molecule has 0 N–H and O–H groups in total. The molecule has 0 aromatic heterocycles. The highest BCUT2D eigenvalue weighted by Gasteiger charge is 2.27. The van der Waals surface area contributed by atoms with Gasteiger partial charge in [0.2, 0.25) is 5.91 Å². The van der Waals surface area contributed by atoms with Crippen molar-refractivity contribution in [2.24, 2.45) is 5.92 Å². The van der Waals surface area contributed by atoms with Crippen LogP contribution < -0.4 is 0 Å². The van der Waals surface area contributed by atoms with E-state index in [0.717, 1.165) is 0 Å². The molecule has 1 atom stereocenters. The highest BCUT2D eigenvalue weighted by atomic mass is 32.2. The zero-order chi connectivity index (χ0) is 14.6. The summed E-state index contributed by atoms with van der Waals surface area (Å²) in [5.74, 6) is 0.782. The summed E-state index contributed by atoms with van der Waals surface area (Å²) < 4.78 is 28.7. The van der Waals surface area contributed by atoms with Gasteiger partial charge in [0.15, 0.2) is 9.84 Å². The molecule has 2 aliphatic rings. The molecule has 116 valence electrons. The molecule has 0 aromatic rings.